The van der Waals surface area contributed by atoms with Crippen LogP contribution in [0.5, 0.6) is 0 Å². The first-order valence-corrected chi connectivity index (χ1v) is 5.62. The molecule has 4 heteroatoms. The zero-order valence-corrected chi connectivity index (χ0v) is 10.4. The average Bonchev–Trinajstić information content (AvgIpc) is 2.18. The van der Waals surface area contributed by atoms with Gasteiger partial charge in [-0.25, -0.2) is 0 Å². The minimum absolute atomic E-state index is 0.0425. The summed E-state index contributed by atoms with van der Waals surface area (Å²) in [7, 11) is 0. The van der Waals surface area contributed by atoms with Crippen LogP contribution in [0.4, 0.5) is 0 Å². The van der Waals surface area contributed by atoms with E-state index >= 15 is 0 Å². The molecule has 3 nitrogen and oxygen atoms in total. The predicted octanol–water partition coefficient (Wildman–Crippen LogP) is 1.97. The van der Waals surface area contributed by atoms with Crippen LogP contribution in [0.15, 0.2) is 28.7 Å². The first kappa shape index (κ1) is 12.2. The third-order valence-corrected chi connectivity index (χ3v) is 2.87. The number of benzene rings is 1. The quantitative estimate of drug-likeness (QED) is 0.883. The molecule has 0 saturated carbocycles. The average molecular weight is 271 g/mol. The number of carbonyl (C=O) groups is 1. The highest BCUT2D eigenvalue weighted by atomic mass is 79.9. The Kier molecular flexibility index (Phi) is 4.29. The van der Waals surface area contributed by atoms with E-state index in [9.17, 15) is 4.79 Å². The molecule has 0 fully saturated rings. The van der Waals surface area contributed by atoms with Crippen molar-refractivity contribution in [2.24, 2.45) is 5.73 Å². The Morgan fingerprint density at radius 2 is 2.00 bits per heavy atom. The summed E-state index contributed by atoms with van der Waals surface area (Å²) >= 11 is 3.44. The molecule has 0 aliphatic heterocycles. The molecule has 0 spiro atoms. The Labute approximate surface area is 98.2 Å². The maximum atomic E-state index is 11.4. The van der Waals surface area contributed by atoms with Crippen molar-refractivity contribution in [1.29, 1.82) is 0 Å². The van der Waals surface area contributed by atoms with E-state index in [1.165, 1.54) is 0 Å². The van der Waals surface area contributed by atoms with Gasteiger partial charge in [0.05, 0.1) is 12.1 Å². The summed E-state index contributed by atoms with van der Waals surface area (Å²) in [5.41, 5.74) is 6.52. The standard InChI is InChI=1S/C11H15BrN2O/c1-7(13)11(15)14-8(2)9-5-3-4-6-10(9)12/h3-8H,13H2,1-2H3,(H,14,15)/t7-,8?/m1/s1. The van der Waals surface area contributed by atoms with E-state index in [0.717, 1.165) is 10.0 Å². The van der Waals surface area contributed by atoms with Gasteiger partial charge in [0.25, 0.3) is 0 Å². The number of halogens is 1. The van der Waals surface area contributed by atoms with Crippen LogP contribution in [-0.2, 0) is 4.79 Å². The molecule has 1 amide bonds. The maximum Gasteiger partial charge on any atom is 0.237 e. The van der Waals surface area contributed by atoms with E-state index in [1.54, 1.807) is 6.92 Å². The Morgan fingerprint density at radius 3 is 2.53 bits per heavy atom. The van der Waals surface area contributed by atoms with Gasteiger partial charge in [-0.15, -0.1) is 0 Å². The van der Waals surface area contributed by atoms with Crippen molar-refractivity contribution in [3.63, 3.8) is 0 Å². The second-order valence-corrected chi connectivity index (χ2v) is 4.39. The molecule has 0 bridgehead atoms. The van der Waals surface area contributed by atoms with E-state index in [-0.39, 0.29) is 11.9 Å². The van der Waals surface area contributed by atoms with Crippen molar-refractivity contribution in [1.82, 2.24) is 5.32 Å². The van der Waals surface area contributed by atoms with Crippen molar-refractivity contribution < 1.29 is 4.79 Å². The normalized spacial score (nSPS) is 14.4. The summed E-state index contributed by atoms with van der Waals surface area (Å²) in [6.07, 6.45) is 0. The summed E-state index contributed by atoms with van der Waals surface area (Å²) in [6.45, 7) is 3.60. The van der Waals surface area contributed by atoms with E-state index in [1.807, 2.05) is 31.2 Å². The molecule has 0 aromatic heterocycles. The lowest BCUT2D eigenvalue weighted by atomic mass is 10.1. The van der Waals surface area contributed by atoms with Gasteiger partial charge in [0, 0.05) is 4.47 Å². The van der Waals surface area contributed by atoms with E-state index in [2.05, 4.69) is 21.2 Å². The lowest BCUT2D eigenvalue weighted by Gasteiger charge is -2.17. The predicted molar refractivity (Wildman–Crippen MR) is 64.3 cm³/mol. The molecule has 1 rings (SSSR count). The minimum atomic E-state index is -0.477. The summed E-state index contributed by atoms with van der Waals surface area (Å²) < 4.78 is 0.988. The lowest BCUT2D eigenvalue weighted by molar-refractivity contribution is -0.122. The molecule has 0 aliphatic rings. The van der Waals surface area contributed by atoms with Gasteiger partial charge in [0.1, 0.15) is 0 Å². The number of rotatable bonds is 3. The number of hydrogen-bond donors (Lipinski definition) is 2. The first-order valence-electron chi connectivity index (χ1n) is 4.82. The summed E-state index contributed by atoms with van der Waals surface area (Å²) in [5.74, 6) is -0.141. The van der Waals surface area contributed by atoms with Crippen LogP contribution in [0.1, 0.15) is 25.5 Å². The van der Waals surface area contributed by atoms with E-state index < -0.39 is 6.04 Å². The molecule has 1 aromatic carbocycles. The van der Waals surface area contributed by atoms with Crippen molar-refractivity contribution in [3.05, 3.63) is 34.3 Å². The molecular weight excluding hydrogens is 256 g/mol. The molecule has 3 N–H and O–H groups in total. The van der Waals surface area contributed by atoms with Crippen molar-refractivity contribution in [2.75, 3.05) is 0 Å². The molecule has 1 aromatic rings. The van der Waals surface area contributed by atoms with Crippen LogP contribution in [0.25, 0.3) is 0 Å². The molecular formula is C11H15BrN2O. The topological polar surface area (TPSA) is 55.1 Å². The molecule has 0 saturated heterocycles. The van der Waals surface area contributed by atoms with Crippen LogP contribution < -0.4 is 11.1 Å². The van der Waals surface area contributed by atoms with Crippen LogP contribution >= 0.6 is 15.9 Å². The fraction of sp³-hybridized carbons (Fsp3) is 0.364. The molecule has 0 heterocycles. The van der Waals surface area contributed by atoms with E-state index in [4.69, 9.17) is 5.73 Å². The van der Waals surface area contributed by atoms with Gasteiger partial charge in [-0.1, -0.05) is 34.1 Å². The van der Waals surface area contributed by atoms with Crippen LogP contribution in [0.3, 0.4) is 0 Å². The number of hydrogen-bond acceptors (Lipinski definition) is 2. The number of nitrogens with one attached hydrogen (secondary N) is 1. The molecule has 82 valence electrons. The van der Waals surface area contributed by atoms with Gasteiger partial charge in [-0.3, -0.25) is 4.79 Å². The third-order valence-electron chi connectivity index (χ3n) is 2.14. The fourth-order valence-corrected chi connectivity index (χ4v) is 1.88. The fourth-order valence-electron chi connectivity index (χ4n) is 1.25. The Balaban J connectivity index is 2.73. The van der Waals surface area contributed by atoms with Crippen LogP contribution in [0, 0.1) is 0 Å². The summed E-state index contributed by atoms with van der Waals surface area (Å²) in [5, 5.41) is 2.84. The van der Waals surface area contributed by atoms with Gasteiger partial charge < -0.3 is 11.1 Å². The zero-order chi connectivity index (χ0) is 11.4. The van der Waals surface area contributed by atoms with Crippen molar-refractivity contribution in [3.8, 4) is 0 Å². The molecule has 2 atom stereocenters. The zero-order valence-electron chi connectivity index (χ0n) is 8.83. The smallest absolute Gasteiger partial charge is 0.237 e. The monoisotopic (exact) mass is 270 g/mol. The van der Waals surface area contributed by atoms with E-state index in [0.29, 0.717) is 0 Å². The second kappa shape index (κ2) is 5.28. The number of nitrogens with two attached hydrogens (primary N) is 1. The highest BCUT2D eigenvalue weighted by Gasteiger charge is 2.13. The number of carbonyl (C=O) groups excluding carboxylic acids is 1. The molecule has 15 heavy (non-hydrogen) atoms. The molecule has 1 unspecified atom stereocenters. The first-order chi connectivity index (χ1) is 7.02. The second-order valence-electron chi connectivity index (χ2n) is 3.54. The Hall–Kier alpha value is -0.870. The van der Waals surface area contributed by atoms with Crippen LogP contribution in [-0.4, -0.2) is 11.9 Å². The van der Waals surface area contributed by atoms with Gasteiger partial charge in [0.15, 0.2) is 0 Å². The lowest BCUT2D eigenvalue weighted by Crippen LogP contribution is -2.39. The van der Waals surface area contributed by atoms with Gasteiger partial charge in [-0.05, 0) is 25.5 Å². The van der Waals surface area contributed by atoms with Crippen molar-refractivity contribution in [2.45, 2.75) is 25.9 Å². The van der Waals surface area contributed by atoms with Crippen LogP contribution in [0.2, 0.25) is 0 Å². The van der Waals surface area contributed by atoms with Gasteiger partial charge in [0.2, 0.25) is 5.91 Å². The highest BCUT2D eigenvalue weighted by Crippen LogP contribution is 2.22. The minimum Gasteiger partial charge on any atom is -0.348 e. The highest BCUT2D eigenvalue weighted by molar-refractivity contribution is 9.10. The summed E-state index contributed by atoms with van der Waals surface area (Å²) in [4.78, 5) is 11.4. The maximum absolute atomic E-state index is 11.4. The number of amides is 1. The van der Waals surface area contributed by atoms with Crippen molar-refractivity contribution >= 4 is 21.8 Å². The Bertz CT molecular complexity index is 352. The molecule has 0 aliphatic carbocycles. The summed E-state index contributed by atoms with van der Waals surface area (Å²) in [6, 6.07) is 7.27. The molecule has 0 radical (unpaired) electrons. The largest absolute Gasteiger partial charge is 0.348 e. The van der Waals surface area contributed by atoms with Gasteiger partial charge in [-0.2, -0.15) is 0 Å². The Morgan fingerprint density at radius 1 is 1.40 bits per heavy atom. The van der Waals surface area contributed by atoms with Gasteiger partial charge >= 0.3 is 0 Å². The third kappa shape index (κ3) is 3.32. The SMILES string of the molecule is CC(NC(=O)[C@@H](C)N)c1ccccc1Br.